The minimum atomic E-state index is 0. The quantitative estimate of drug-likeness (QED) is 0.620. The highest BCUT2D eigenvalue weighted by Crippen LogP contribution is 2.18. The first-order valence-corrected chi connectivity index (χ1v) is 8.41. The second kappa shape index (κ2) is 11.5. The van der Waals surface area contributed by atoms with E-state index < -0.39 is 0 Å². The first-order chi connectivity index (χ1) is 10.9. The number of likely N-dealkylation sites (tertiary alicyclic amines) is 1. The predicted octanol–water partition coefficient (Wildman–Crippen LogP) is -2.30. The molecule has 0 radical (unpaired) electrons. The molecular weight excluding hydrogens is 339 g/mol. The maximum atomic E-state index is 3.62. The van der Waals surface area contributed by atoms with Gasteiger partial charge in [0.25, 0.3) is 0 Å². The third kappa shape index (κ3) is 6.82. The van der Waals surface area contributed by atoms with Crippen LogP contribution < -0.4 is 30.1 Å². The molecule has 2 nitrogen and oxygen atoms in total. The van der Waals surface area contributed by atoms with Crippen molar-refractivity contribution < 1.29 is 24.8 Å². The van der Waals surface area contributed by atoms with Gasteiger partial charge in [0.05, 0.1) is 0 Å². The lowest BCUT2D eigenvalue weighted by Gasteiger charge is -2.32. The Morgan fingerprint density at radius 1 is 0.792 bits per heavy atom. The number of piperidine rings is 1. The lowest BCUT2D eigenvalue weighted by molar-refractivity contribution is -0.00100. The average Bonchev–Trinajstić information content (AvgIpc) is 2.58. The van der Waals surface area contributed by atoms with Gasteiger partial charge in [-0.3, -0.25) is 4.90 Å². The molecule has 0 spiro atoms. The lowest BCUT2D eigenvalue weighted by atomic mass is 9.96. The molecule has 0 amide bonds. The monoisotopic (exact) mass is 364 g/mol. The van der Waals surface area contributed by atoms with E-state index in [-0.39, 0.29) is 24.8 Å². The fourth-order valence-corrected chi connectivity index (χ4v) is 3.21. The summed E-state index contributed by atoms with van der Waals surface area (Å²) in [5.41, 5.74) is 2.81. The molecular formula is C20H26Cl2N2-2. The van der Waals surface area contributed by atoms with E-state index in [4.69, 9.17) is 0 Å². The summed E-state index contributed by atoms with van der Waals surface area (Å²) in [6.07, 6.45) is 2.63. The normalized spacial score (nSPS) is 15.3. The smallest absolute Gasteiger partial charge is 0.0233 e. The van der Waals surface area contributed by atoms with Crippen molar-refractivity contribution in [1.82, 2.24) is 10.2 Å². The van der Waals surface area contributed by atoms with Gasteiger partial charge >= 0.3 is 0 Å². The van der Waals surface area contributed by atoms with Crippen molar-refractivity contribution in [2.75, 3.05) is 19.6 Å². The Bertz CT molecular complexity index is 540. The van der Waals surface area contributed by atoms with Gasteiger partial charge in [0, 0.05) is 13.1 Å². The minimum Gasteiger partial charge on any atom is -1.00 e. The summed E-state index contributed by atoms with van der Waals surface area (Å²) in [7, 11) is 0. The number of hydrogen-bond donors (Lipinski definition) is 1. The van der Waals surface area contributed by atoms with Crippen LogP contribution in [0.1, 0.15) is 24.0 Å². The molecule has 1 saturated heterocycles. The highest BCUT2D eigenvalue weighted by molar-refractivity contribution is 5.15. The van der Waals surface area contributed by atoms with Crippen molar-refractivity contribution >= 4 is 0 Å². The molecule has 1 fully saturated rings. The van der Waals surface area contributed by atoms with Crippen LogP contribution in [0.4, 0.5) is 0 Å². The molecule has 3 rings (SSSR count). The van der Waals surface area contributed by atoms with Crippen LogP contribution >= 0.6 is 0 Å². The Morgan fingerprint density at radius 2 is 1.33 bits per heavy atom. The lowest BCUT2D eigenvalue weighted by Crippen LogP contribution is -3.00. The fraction of sp³-hybridized carbons (Fsp3) is 0.400. The van der Waals surface area contributed by atoms with Crippen LogP contribution in [0, 0.1) is 5.92 Å². The number of hydrogen-bond acceptors (Lipinski definition) is 2. The maximum absolute atomic E-state index is 3.62. The Labute approximate surface area is 158 Å². The predicted molar refractivity (Wildman–Crippen MR) is 92.6 cm³/mol. The van der Waals surface area contributed by atoms with Crippen molar-refractivity contribution in [3.63, 3.8) is 0 Å². The van der Waals surface area contributed by atoms with Gasteiger partial charge < -0.3 is 30.1 Å². The molecule has 2 aromatic carbocycles. The summed E-state index contributed by atoms with van der Waals surface area (Å²) in [6, 6.07) is 21.5. The molecule has 1 N–H and O–H groups in total. The summed E-state index contributed by atoms with van der Waals surface area (Å²) in [5, 5.41) is 3.62. The standard InChI is InChI=1S/C20H26N2.2ClH/c1-3-7-18(8-4-1)15-21-16-19-11-13-22(14-12-19)17-20-9-5-2-6-10-20;;/h1-10,19,21H,11-17H2;2*1H/p-2. The zero-order valence-electron chi connectivity index (χ0n) is 14.0. The van der Waals surface area contributed by atoms with E-state index in [1.807, 2.05) is 0 Å². The number of benzene rings is 2. The first kappa shape index (κ1) is 21.0. The van der Waals surface area contributed by atoms with Gasteiger partial charge in [-0.05, 0) is 49.5 Å². The summed E-state index contributed by atoms with van der Waals surface area (Å²) in [6.45, 7) is 5.70. The Balaban J connectivity index is 0.00000144. The molecule has 0 saturated carbocycles. The van der Waals surface area contributed by atoms with Crippen LogP contribution in [0.25, 0.3) is 0 Å². The molecule has 4 heteroatoms. The number of halogens is 2. The maximum Gasteiger partial charge on any atom is 0.0233 e. The van der Waals surface area contributed by atoms with Gasteiger partial charge in [-0.1, -0.05) is 60.7 Å². The average molecular weight is 365 g/mol. The third-order valence-electron chi connectivity index (χ3n) is 4.56. The van der Waals surface area contributed by atoms with Crippen molar-refractivity contribution in [3.05, 3.63) is 71.8 Å². The van der Waals surface area contributed by atoms with Gasteiger partial charge in [-0.15, -0.1) is 0 Å². The minimum absolute atomic E-state index is 0. The van der Waals surface area contributed by atoms with Crippen LogP contribution in [0.2, 0.25) is 0 Å². The number of nitrogens with one attached hydrogen (secondary N) is 1. The highest BCUT2D eigenvalue weighted by atomic mass is 35.5. The molecule has 0 atom stereocenters. The largest absolute Gasteiger partial charge is 1.00 e. The molecule has 0 unspecified atom stereocenters. The molecule has 1 aliphatic rings. The number of nitrogens with zero attached hydrogens (tertiary/aromatic N) is 1. The SMILES string of the molecule is [Cl-].[Cl-].c1ccc(CNCC2CCN(Cc3ccccc3)CC2)cc1. The van der Waals surface area contributed by atoms with E-state index in [0.717, 1.165) is 25.6 Å². The van der Waals surface area contributed by atoms with Crippen LogP contribution in [0.5, 0.6) is 0 Å². The van der Waals surface area contributed by atoms with Gasteiger partial charge in [-0.2, -0.15) is 0 Å². The summed E-state index contributed by atoms with van der Waals surface area (Å²) in [4.78, 5) is 2.59. The van der Waals surface area contributed by atoms with Crippen molar-refractivity contribution in [3.8, 4) is 0 Å². The summed E-state index contributed by atoms with van der Waals surface area (Å²) in [5.74, 6) is 0.829. The first-order valence-electron chi connectivity index (χ1n) is 8.41. The van der Waals surface area contributed by atoms with Crippen LogP contribution in [-0.2, 0) is 13.1 Å². The Kier molecular flexibility index (Phi) is 10.0. The van der Waals surface area contributed by atoms with E-state index >= 15 is 0 Å². The van der Waals surface area contributed by atoms with Crippen LogP contribution in [0.3, 0.4) is 0 Å². The number of rotatable bonds is 6. The van der Waals surface area contributed by atoms with E-state index in [0.29, 0.717) is 0 Å². The highest BCUT2D eigenvalue weighted by Gasteiger charge is 2.18. The summed E-state index contributed by atoms with van der Waals surface area (Å²) >= 11 is 0. The van der Waals surface area contributed by atoms with E-state index in [9.17, 15) is 0 Å². The summed E-state index contributed by atoms with van der Waals surface area (Å²) < 4.78 is 0. The zero-order chi connectivity index (χ0) is 15.0. The van der Waals surface area contributed by atoms with Gasteiger partial charge in [0.1, 0.15) is 0 Å². The molecule has 1 heterocycles. The second-order valence-corrected chi connectivity index (χ2v) is 6.32. The molecule has 132 valence electrons. The van der Waals surface area contributed by atoms with Crippen molar-refractivity contribution in [1.29, 1.82) is 0 Å². The molecule has 0 aliphatic carbocycles. The van der Waals surface area contributed by atoms with E-state index in [2.05, 4.69) is 70.9 Å². The van der Waals surface area contributed by atoms with E-state index in [1.165, 1.54) is 37.1 Å². The third-order valence-corrected chi connectivity index (χ3v) is 4.56. The van der Waals surface area contributed by atoms with Gasteiger partial charge in [0.15, 0.2) is 0 Å². The van der Waals surface area contributed by atoms with Crippen molar-refractivity contribution in [2.24, 2.45) is 5.92 Å². The topological polar surface area (TPSA) is 15.3 Å². The molecule has 0 bridgehead atoms. The Hall–Kier alpha value is -1.06. The molecule has 2 aromatic rings. The van der Waals surface area contributed by atoms with Crippen molar-refractivity contribution in [2.45, 2.75) is 25.9 Å². The van der Waals surface area contributed by atoms with Gasteiger partial charge in [0.2, 0.25) is 0 Å². The van der Waals surface area contributed by atoms with E-state index in [1.54, 1.807) is 0 Å². The Morgan fingerprint density at radius 3 is 1.92 bits per heavy atom. The van der Waals surface area contributed by atoms with Gasteiger partial charge in [-0.25, -0.2) is 0 Å². The molecule has 24 heavy (non-hydrogen) atoms. The fourth-order valence-electron chi connectivity index (χ4n) is 3.21. The second-order valence-electron chi connectivity index (χ2n) is 6.32. The van der Waals surface area contributed by atoms with Crippen LogP contribution in [0.15, 0.2) is 60.7 Å². The van der Waals surface area contributed by atoms with Crippen LogP contribution in [-0.4, -0.2) is 24.5 Å². The molecule has 1 aliphatic heterocycles. The zero-order valence-corrected chi connectivity index (χ0v) is 15.5. The molecule has 0 aromatic heterocycles.